The fourth-order valence-corrected chi connectivity index (χ4v) is 3.24. The molecule has 0 saturated heterocycles. The molecule has 0 bridgehead atoms. The molecular formula is C19H22N2O5S. The fraction of sp³-hybridized carbons (Fsp3) is 0.316. The van der Waals surface area contributed by atoms with Crippen LogP contribution in [0.1, 0.15) is 36.2 Å². The van der Waals surface area contributed by atoms with E-state index in [1.165, 1.54) is 28.1 Å². The monoisotopic (exact) mass is 390 g/mol. The van der Waals surface area contributed by atoms with Crippen LogP contribution in [0, 0.1) is 13.8 Å². The molecule has 0 radical (unpaired) electrons. The maximum atomic E-state index is 12.4. The summed E-state index contributed by atoms with van der Waals surface area (Å²) in [4.78, 5) is 37.9. The summed E-state index contributed by atoms with van der Waals surface area (Å²) in [7, 11) is 3.11. The Bertz CT molecular complexity index is 956. The van der Waals surface area contributed by atoms with Gasteiger partial charge in [0.25, 0.3) is 11.5 Å². The lowest BCUT2D eigenvalue weighted by molar-refractivity contribution is 0.0940. The number of amides is 1. The van der Waals surface area contributed by atoms with E-state index in [0.29, 0.717) is 34.2 Å². The summed E-state index contributed by atoms with van der Waals surface area (Å²) in [6, 6.07) is 3.36. The van der Waals surface area contributed by atoms with Gasteiger partial charge in [0, 0.05) is 36.8 Å². The van der Waals surface area contributed by atoms with E-state index in [0.717, 1.165) is 0 Å². The molecule has 0 spiro atoms. The Morgan fingerprint density at radius 3 is 2.70 bits per heavy atom. The van der Waals surface area contributed by atoms with Crippen molar-refractivity contribution in [3.05, 3.63) is 55.1 Å². The molecule has 27 heavy (non-hydrogen) atoms. The van der Waals surface area contributed by atoms with E-state index >= 15 is 0 Å². The van der Waals surface area contributed by atoms with Crippen LogP contribution in [-0.4, -0.2) is 41.6 Å². The lowest BCUT2D eigenvalue weighted by atomic mass is 10.1. The molecule has 2 rings (SSSR count). The second-order valence-electron chi connectivity index (χ2n) is 5.95. The Morgan fingerprint density at radius 1 is 1.33 bits per heavy atom. The Hall–Kier alpha value is -2.71. The number of allylic oxidation sites excluding steroid dienone is 1. The predicted octanol–water partition coefficient (Wildman–Crippen LogP) is 2.04. The van der Waals surface area contributed by atoms with Gasteiger partial charge in [-0.2, -0.15) is 0 Å². The number of carbonyl (C=O) groups is 2. The van der Waals surface area contributed by atoms with Crippen molar-refractivity contribution in [1.29, 1.82) is 0 Å². The molecule has 1 amide bonds. The highest BCUT2D eigenvalue weighted by atomic mass is 32.1. The summed E-state index contributed by atoms with van der Waals surface area (Å²) < 4.78 is 6.21. The third kappa shape index (κ3) is 4.53. The van der Waals surface area contributed by atoms with Gasteiger partial charge in [0.1, 0.15) is 11.3 Å². The number of aromatic nitrogens is 1. The van der Waals surface area contributed by atoms with Crippen LogP contribution in [0.25, 0.3) is 6.08 Å². The van der Waals surface area contributed by atoms with Gasteiger partial charge in [-0.15, -0.1) is 11.3 Å². The molecule has 0 saturated carbocycles. The Morgan fingerprint density at radius 2 is 2.04 bits per heavy atom. The van der Waals surface area contributed by atoms with Crippen LogP contribution in [0.3, 0.4) is 0 Å². The minimum atomic E-state index is -0.587. The molecule has 0 aliphatic carbocycles. The van der Waals surface area contributed by atoms with E-state index in [2.05, 4.69) is 5.32 Å². The summed E-state index contributed by atoms with van der Waals surface area (Å²) in [5.41, 5.74) is 0.279. The molecule has 2 aromatic heterocycles. The van der Waals surface area contributed by atoms with Crippen LogP contribution in [0.4, 0.5) is 0 Å². The van der Waals surface area contributed by atoms with E-state index in [4.69, 9.17) is 4.74 Å². The molecule has 7 nitrogen and oxygen atoms in total. The first-order chi connectivity index (χ1) is 12.8. The SMILES string of the molecule is COCCNC(=O)c1ccc(/C=C/C(=O)c2c(O)c(C)c(C)n(C)c2=O)s1. The van der Waals surface area contributed by atoms with Crippen molar-refractivity contribution < 1.29 is 19.4 Å². The minimum Gasteiger partial charge on any atom is -0.507 e. The van der Waals surface area contributed by atoms with Gasteiger partial charge in [-0.1, -0.05) is 0 Å². The maximum absolute atomic E-state index is 12.4. The number of pyridine rings is 1. The molecule has 2 N–H and O–H groups in total. The van der Waals surface area contributed by atoms with E-state index in [1.54, 1.807) is 40.1 Å². The van der Waals surface area contributed by atoms with Crippen molar-refractivity contribution in [1.82, 2.24) is 9.88 Å². The third-order valence-corrected chi connectivity index (χ3v) is 5.29. The van der Waals surface area contributed by atoms with Crippen molar-refractivity contribution in [3.8, 4) is 5.75 Å². The summed E-state index contributed by atoms with van der Waals surface area (Å²) in [6.07, 6.45) is 2.75. The quantitative estimate of drug-likeness (QED) is 0.428. The van der Waals surface area contributed by atoms with Gasteiger partial charge in [0.05, 0.1) is 11.5 Å². The lowest BCUT2D eigenvalue weighted by Gasteiger charge is -2.11. The molecule has 144 valence electrons. The number of nitrogens with zero attached hydrogens (tertiary/aromatic N) is 1. The van der Waals surface area contributed by atoms with E-state index < -0.39 is 11.3 Å². The first-order valence-electron chi connectivity index (χ1n) is 8.26. The number of ketones is 1. The van der Waals surface area contributed by atoms with Gasteiger partial charge in [-0.3, -0.25) is 14.4 Å². The molecule has 0 aromatic carbocycles. The normalized spacial score (nSPS) is 11.1. The second-order valence-corrected chi connectivity index (χ2v) is 7.06. The topological polar surface area (TPSA) is 97.6 Å². The van der Waals surface area contributed by atoms with Crippen molar-refractivity contribution in [2.24, 2.45) is 7.05 Å². The van der Waals surface area contributed by atoms with E-state index in [9.17, 15) is 19.5 Å². The fourth-order valence-electron chi connectivity index (χ4n) is 2.41. The number of carbonyl (C=O) groups excluding carboxylic acids is 2. The largest absolute Gasteiger partial charge is 0.507 e. The number of nitrogens with one attached hydrogen (secondary N) is 1. The predicted molar refractivity (Wildman–Crippen MR) is 105 cm³/mol. The average molecular weight is 390 g/mol. The number of hydrogen-bond donors (Lipinski definition) is 2. The number of rotatable bonds is 7. The highest BCUT2D eigenvalue weighted by molar-refractivity contribution is 7.14. The van der Waals surface area contributed by atoms with Gasteiger partial charge in [0.15, 0.2) is 5.78 Å². The molecule has 0 atom stereocenters. The number of hydrogen-bond acceptors (Lipinski definition) is 6. The van der Waals surface area contributed by atoms with Crippen molar-refractivity contribution in [2.75, 3.05) is 20.3 Å². The zero-order valence-electron chi connectivity index (χ0n) is 15.7. The van der Waals surface area contributed by atoms with Crippen molar-refractivity contribution >= 4 is 29.1 Å². The number of aromatic hydroxyl groups is 1. The first-order valence-corrected chi connectivity index (χ1v) is 9.08. The minimum absolute atomic E-state index is 0.219. The number of thiophene rings is 1. The summed E-state index contributed by atoms with van der Waals surface area (Å²) in [6.45, 7) is 4.18. The maximum Gasteiger partial charge on any atom is 0.265 e. The lowest BCUT2D eigenvalue weighted by Crippen LogP contribution is -2.26. The van der Waals surface area contributed by atoms with Gasteiger partial charge < -0.3 is 19.7 Å². The number of ether oxygens (including phenoxy) is 1. The molecule has 0 fully saturated rings. The Labute approximate surface area is 160 Å². The molecule has 0 aliphatic rings. The molecule has 2 aromatic rings. The molecule has 2 heterocycles. The van der Waals surface area contributed by atoms with Crippen LogP contribution in [0.2, 0.25) is 0 Å². The van der Waals surface area contributed by atoms with Gasteiger partial charge in [-0.25, -0.2) is 0 Å². The summed E-state index contributed by atoms with van der Waals surface area (Å²) >= 11 is 1.22. The molecule has 8 heteroatoms. The van der Waals surface area contributed by atoms with Crippen LogP contribution >= 0.6 is 11.3 Å². The molecule has 0 unspecified atom stereocenters. The van der Waals surface area contributed by atoms with Crippen LogP contribution < -0.4 is 10.9 Å². The van der Waals surface area contributed by atoms with Crippen LogP contribution in [-0.2, 0) is 11.8 Å². The highest BCUT2D eigenvalue weighted by Gasteiger charge is 2.19. The van der Waals surface area contributed by atoms with Crippen molar-refractivity contribution in [3.63, 3.8) is 0 Å². The van der Waals surface area contributed by atoms with Gasteiger partial charge in [-0.05, 0) is 38.1 Å². The van der Waals surface area contributed by atoms with E-state index in [1.807, 2.05) is 0 Å². The average Bonchev–Trinajstić information content (AvgIpc) is 3.12. The number of methoxy groups -OCH3 is 1. The molecule has 0 aliphatic heterocycles. The van der Waals surface area contributed by atoms with Gasteiger partial charge in [0.2, 0.25) is 0 Å². The Balaban J connectivity index is 2.19. The first kappa shape index (κ1) is 20.6. The summed E-state index contributed by atoms with van der Waals surface area (Å²) in [5, 5.41) is 12.9. The summed E-state index contributed by atoms with van der Waals surface area (Å²) in [5.74, 6) is -1.10. The zero-order chi connectivity index (χ0) is 20.1. The smallest absolute Gasteiger partial charge is 0.265 e. The zero-order valence-corrected chi connectivity index (χ0v) is 16.5. The van der Waals surface area contributed by atoms with Crippen LogP contribution in [0.5, 0.6) is 5.75 Å². The Kier molecular flexibility index (Phi) is 6.70. The van der Waals surface area contributed by atoms with E-state index in [-0.39, 0.29) is 17.2 Å². The van der Waals surface area contributed by atoms with Crippen LogP contribution in [0.15, 0.2) is 23.0 Å². The second kappa shape index (κ2) is 8.79. The highest BCUT2D eigenvalue weighted by Crippen LogP contribution is 2.23. The third-order valence-electron chi connectivity index (χ3n) is 4.24. The standard InChI is InChI=1S/C19H22N2O5S/c1-11-12(2)21(3)19(25)16(17(11)23)14(22)7-5-13-6-8-15(27-13)18(24)20-9-10-26-4/h5-8,23H,9-10H2,1-4H3,(H,20,24)/b7-5+. The van der Waals surface area contributed by atoms with Crippen molar-refractivity contribution in [2.45, 2.75) is 13.8 Å². The molecular weight excluding hydrogens is 368 g/mol. The van der Waals surface area contributed by atoms with Gasteiger partial charge >= 0.3 is 0 Å².